The van der Waals surface area contributed by atoms with Crippen LogP contribution in [0.3, 0.4) is 0 Å². The quantitative estimate of drug-likeness (QED) is 0.849. The summed E-state index contributed by atoms with van der Waals surface area (Å²) in [7, 11) is 0. The molecular formula is C12H16ClN3S. The Bertz CT molecular complexity index is 516. The number of halogens is 1. The van der Waals surface area contributed by atoms with Crippen molar-refractivity contribution >= 4 is 39.0 Å². The summed E-state index contributed by atoms with van der Waals surface area (Å²) in [5, 5.41) is 6.70. The normalized spacial score (nSPS) is 12.0. The molecule has 0 aliphatic rings. The smallest absolute Gasteiger partial charge is 0.225 e. The predicted octanol–water partition coefficient (Wildman–Crippen LogP) is 4.19. The zero-order chi connectivity index (χ0) is 12.5. The van der Waals surface area contributed by atoms with E-state index in [1.807, 2.05) is 11.4 Å². The Morgan fingerprint density at radius 1 is 1.35 bits per heavy atom. The van der Waals surface area contributed by atoms with Gasteiger partial charge in [0.05, 0.1) is 5.39 Å². The van der Waals surface area contributed by atoms with Gasteiger partial charge in [-0.05, 0) is 34.9 Å². The minimum Gasteiger partial charge on any atom is -0.369 e. The summed E-state index contributed by atoms with van der Waals surface area (Å²) < 4.78 is 0. The highest BCUT2D eigenvalue weighted by atomic mass is 35.5. The van der Waals surface area contributed by atoms with Gasteiger partial charge >= 0.3 is 0 Å². The van der Waals surface area contributed by atoms with Crippen molar-refractivity contribution in [1.29, 1.82) is 0 Å². The average Bonchev–Trinajstić information content (AvgIpc) is 2.63. The van der Waals surface area contributed by atoms with E-state index in [0.717, 1.165) is 29.0 Å². The van der Waals surface area contributed by atoms with E-state index in [2.05, 4.69) is 36.1 Å². The number of hydrogen-bond acceptors (Lipinski definition) is 4. The predicted molar refractivity (Wildman–Crippen MR) is 75.0 cm³/mol. The lowest BCUT2D eigenvalue weighted by molar-refractivity contribution is 0.389. The second-order valence-corrected chi connectivity index (χ2v) is 6.45. The third-order valence-corrected chi connectivity index (χ3v) is 3.44. The SMILES string of the molecule is CC(C)(C)CCNc1nc(Cl)nc2sccc12. The molecule has 0 unspecified atom stereocenters. The van der Waals surface area contributed by atoms with Crippen molar-refractivity contribution in [3.63, 3.8) is 0 Å². The Hall–Kier alpha value is -0.870. The van der Waals surface area contributed by atoms with Crippen molar-refractivity contribution in [2.45, 2.75) is 27.2 Å². The number of anilines is 1. The molecular weight excluding hydrogens is 254 g/mol. The van der Waals surface area contributed by atoms with Crippen molar-refractivity contribution < 1.29 is 0 Å². The minimum atomic E-state index is 0.304. The van der Waals surface area contributed by atoms with Crippen LogP contribution < -0.4 is 5.32 Å². The first-order valence-electron chi connectivity index (χ1n) is 5.60. The lowest BCUT2D eigenvalue weighted by Crippen LogP contribution is -2.13. The summed E-state index contributed by atoms with van der Waals surface area (Å²) in [6, 6.07) is 2.02. The van der Waals surface area contributed by atoms with E-state index in [4.69, 9.17) is 11.6 Å². The number of thiophene rings is 1. The van der Waals surface area contributed by atoms with Crippen LogP contribution in [-0.2, 0) is 0 Å². The maximum Gasteiger partial charge on any atom is 0.225 e. The molecule has 0 atom stereocenters. The zero-order valence-corrected chi connectivity index (χ0v) is 11.8. The van der Waals surface area contributed by atoms with Crippen LogP contribution in [0.2, 0.25) is 5.28 Å². The number of nitrogens with one attached hydrogen (secondary N) is 1. The summed E-state index contributed by atoms with van der Waals surface area (Å²) in [5.41, 5.74) is 0.317. The third-order valence-electron chi connectivity index (χ3n) is 2.47. The molecule has 0 saturated heterocycles. The van der Waals surface area contributed by atoms with E-state index in [-0.39, 0.29) is 0 Å². The first kappa shape index (κ1) is 12.6. The second-order valence-electron chi connectivity index (χ2n) is 5.22. The van der Waals surface area contributed by atoms with Gasteiger partial charge < -0.3 is 5.32 Å². The Labute approximate surface area is 110 Å². The molecule has 17 heavy (non-hydrogen) atoms. The number of nitrogens with zero attached hydrogens (tertiary/aromatic N) is 2. The number of rotatable bonds is 3. The Balaban J connectivity index is 2.15. The largest absolute Gasteiger partial charge is 0.369 e. The molecule has 0 amide bonds. The van der Waals surface area contributed by atoms with Crippen molar-refractivity contribution in [3.8, 4) is 0 Å². The van der Waals surface area contributed by atoms with E-state index in [0.29, 0.717) is 10.7 Å². The van der Waals surface area contributed by atoms with E-state index in [9.17, 15) is 0 Å². The summed E-state index contributed by atoms with van der Waals surface area (Å²) >= 11 is 7.47. The maximum atomic E-state index is 5.89. The molecule has 2 rings (SSSR count). The summed E-state index contributed by atoms with van der Waals surface area (Å²) in [6.07, 6.45) is 1.08. The molecule has 2 heterocycles. The summed E-state index contributed by atoms with van der Waals surface area (Å²) in [5.74, 6) is 0.838. The van der Waals surface area contributed by atoms with Gasteiger partial charge in [-0.1, -0.05) is 20.8 Å². The first-order valence-corrected chi connectivity index (χ1v) is 6.86. The Morgan fingerprint density at radius 3 is 2.82 bits per heavy atom. The van der Waals surface area contributed by atoms with Crippen LogP contribution in [0.25, 0.3) is 10.2 Å². The molecule has 2 aromatic heterocycles. The van der Waals surface area contributed by atoms with Gasteiger partial charge in [0.15, 0.2) is 0 Å². The highest BCUT2D eigenvalue weighted by Crippen LogP contribution is 2.27. The van der Waals surface area contributed by atoms with Gasteiger partial charge in [-0.3, -0.25) is 0 Å². The molecule has 0 aliphatic carbocycles. The number of fused-ring (bicyclic) bond motifs is 1. The standard InChI is InChI=1S/C12H16ClN3S/c1-12(2,3)5-6-14-9-8-4-7-17-10(8)16-11(13)15-9/h4,7H,5-6H2,1-3H3,(H,14,15,16). The van der Waals surface area contributed by atoms with Crippen LogP contribution >= 0.6 is 22.9 Å². The fourth-order valence-electron chi connectivity index (χ4n) is 1.52. The number of hydrogen-bond donors (Lipinski definition) is 1. The van der Waals surface area contributed by atoms with Crippen molar-refractivity contribution in [2.24, 2.45) is 5.41 Å². The fourth-order valence-corrected chi connectivity index (χ4v) is 2.50. The van der Waals surface area contributed by atoms with Crippen LogP contribution in [0, 0.1) is 5.41 Å². The van der Waals surface area contributed by atoms with E-state index >= 15 is 0 Å². The second kappa shape index (κ2) is 4.78. The molecule has 2 aromatic rings. The monoisotopic (exact) mass is 269 g/mol. The molecule has 3 nitrogen and oxygen atoms in total. The highest BCUT2D eigenvalue weighted by Gasteiger charge is 2.11. The molecule has 0 saturated carbocycles. The molecule has 92 valence electrons. The van der Waals surface area contributed by atoms with E-state index in [1.165, 1.54) is 0 Å². The van der Waals surface area contributed by atoms with Gasteiger partial charge in [0.2, 0.25) is 5.28 Å². The number of aromatic nitrogens is 2. The molecule has 0 bridgehead atoms. The molecule has 0 spiro atoms. The van der Waals surface area contributed by atoms with Gasteiger partial charge in [0.25, 0.3) is 0 Å². The van der Waals surface area contributed by atoms with Gasteiger partial charge in [0.1, 0.15) is 10.6 Å². The lowest BCUT2D eigenvalue weighted by atomic mass is 9.92. The van der Waals surface area contributed by atoms with Crippen molar-refractivity contribution in [1.82, 2.24) is 9.97 Å². The summed E-state index contributed by atoms with van der Waals surface area (Å²) in [6.45, 7) is 7.56. The van der Waals surface area contributed by atoms with Crippen LogP contribution in [0.4, 0.5) is 5.82 Å². The topological polar surface area (TPSA) is 37.8 Å². The lowest BCUT2D eigenvalue weighted by Gasteiger charge is -2.18. The average molecular weight is 270 g/mol. The summed E-state index contributed by atoms with van der Waals surface area (Å²) in [4.78, 5) is 9.36. The van der Waals surface area contributed by atoms with Crippen molar-refractivity contribution in [3.05, 3.63) is 16.7 Å². The van der Waals surface area contributed by atoms with Gasteiger partial charge in [-0.25, -0.2) is 9.97 Å². The highest BCUT2D eigenvalue weighted by molar-refractivity contribution is 7.16. The maximum absolute atomic E-state index is 5.89. The molecule has 1 N–H and O–H groups in total. The zero-order valence-electron chi connectivity index (χ0n) is 10.2. The van der Waals surface area contributed by atoms with E-state index in [1.54, 1.807) is 11.3 Å². The first-order chi connectivity index (χ1) is 7.96. The Morgan fingerprint density at radius 2 is 2.12 bits per heavy atom. The van der Waals surface area contributed by atoms with Crippen LogP contribution in [0.15, 0.2) is 11.4 Å². The third kappa shape index (κ3) is 3.30. The van der Waals surface area contributed by atoms with Gasteiger partial charge in [0, 0.05) is 6.54 Å². The molecule has 0 aliphatic heterocycles. The van der Waals surface area contributed by atoms with E-state index < -0.39 is 0 Å². The molecule has 0 aromatic carbocycles. The Kier molecular flexibility index (Phi) is 3.54. The van der Waals surface area contributed by atoms with Crippen LogP contribution in [0.1, 0.15) is 27.2 Å². The molecule has 5 heteroatoms. The van der Waals surface area contributed by atoms with Crippen LogP contribution in [-0.4, -0.2) is 16.5 Å². The molecule has 0 radical (unpaired) electrons. The van der Waals surface area contributed by atoms with Crippen LogP contribution in [0.5, 0.6) is 0 Å². The fraction of sp³-hybridized carbons (Fsp3) is 0.500. The molecule has 0 fully saturated rings. The minimum absolute atomic E-state index is 0.304. The van der Waals surface area contributed by atoms with Gasteiger partial charge in [-0.15, -0.1) is 11.3 Å². The van der Waals surface area contributed by atoms with Gasteiger partial charge in [-0.2, -0.15) is 0 Å². The van der Waals surface area contributed by atoms with Crippen molar-refractivity contribution in [2.75, 3.05) is 11.9 Å².